The Morgan fingerprint density at radius 2 is 1.87 bits per heavy atom. The molecule has 0 aromatic heterocycles. The Balaban J connectivity index is 1.45. The number of nitrogens with zero attached hydrogens (tertiary/aromatic N) is 1. The molecule has 1 fully saturated rings. The molecule has 1 unspecified atom stereocenters. The number of nitrogens with one attached hydrogen (secondary N) is 1. The zero-order valence-corrected chi connectivity index (χ0v) is 18.6. The Morgan fingerprint density at radius 3 is 2.57 bits per heavy atom. The second kappa shape index (κ2) is 10.4. The summed E-state index contributed by atoms with van der Waals surface area (Å²) in [5.41, 5.74) is 2.49. The molecular formula is C22H27FN2O3S2. The van der Waals surface area contributed by atoms with E-state index in [4.69, 9.17) is 0 Å². The van der Waals surface area contributed by atoms with Gasteiger partial charge in [-0.05, 0) is 49.6 Å². The summed E-state index contributed by atoms with van der Waals surface area (Å²) in [6.45, 7) is 3.14. The van der Waals surface area contributed by atoms with Crippen molar-refractivity contribution in [2.24, 2.45) is 5.92 Å². The van der Waals surface area contributed by atoms with Crippen LogP contribution in [-0.2, 0) is 20.6 Å². The molecule has 1 aliphatic rings. The molecule has 162 valence electrons. The highest BCUT2D eigenvalue weighted by Gasteiger charge is 2.33. The Kier molecular flexibility index (Phi) is 7.91. The van der Waals surface area contributed by atoms with Gasteiger partial charge < -0.3 is 5.32 Å². The van der Waals surface area contributed by atoms with Crippen molar-refractivity contribution in [3.05, 3.63) is 65.5 Å². The fourth-order valence-corrected chi connectivity index (χ4v) is 5.74. The van der Waals surface area contributed by atoms with E-state index in [-0.39, 0.29) is 23.3 Å². The normalized spacial score (nSPS) is 17.6. The van der Waals surface area contributed by atoms with Crippen LogP contribution in [0.4, 0.5) is 4.39 Å². The van der Waals surface area contributed by atoms with Gasteiger partial charge in [-0.15, -0.1) is 0 Å². The molecule has 0 aliphatic carbocycles. The molecule has 0 saturated carbocycles. The van der Waals surface area contributed by atoms with Gasteiger partial charge in [0.2, 0.25) is 15.9 Å². The quantitative estimate of drug-likeness (QED) is 0.625. The molecule has 0 radical (unpaired) electrons. The molecule has 30 heavy (non-hydrogen) atoms. The molecule has 1 N–H and O–H groups in total. The Hall–Kier alpha value is -1.90. The molecule has 1 aliphatic heterocycles. The summed E-state index contributed by atoms with van der Waals surface area (Å²) < 4.78 is 40.0. The van der Waals surface area contributed by atoms with Crippen molar-refractivity contribution in [1.82, 2.24) is 9.62 Å². The second-order valence-electron chi connectivity index (χ2n) is 7.49. The fourth-order valence-electron chi connectivity index (χ4n) is 3.40. The van der Waals surface area contributed by atoms with Crippen molar-refractivity contribution in [3.63, 3.8) is 0 Å². The molecule has 0 spiro atoms. The minimum atomic E-state index is -3.73. The number of thioether (sulfide) groups is 1. The van der Waals surface area contributed by atoms with E-state index in [1.807, 2.05) is 0 Å². The zero-order valence-electron chi connectivity index (χ0n) is 17.0. The van der Waals surface area contributed by atoms with E-state index in [9.17, 15) is 17.6 Å². The summed E-state index contributed by atoms with van der Waals surface area (Å²) in [5.74, 6) is 0.735. The van der Waals surface area contributed by atoms with Crippen LogP contribution in [-0.4, -0.2) is 44.0 Å². The van der Waals surface area contributed by atoms with Crippen molar-refractivity contribution in [3.8, 4) is 0 Å². The average molecular weight is 451 g/mol. The van der Waals surface area contributed by atoms with E-state index >= 15 is 0 Å². The molecule has 3 rings (SSSR count). The first-order chi connectivity index (χ1) is 14.4. The van der Waals surface area contributed by atoms with E-state index in [1.165, 1.54) is 27.6 Å². The highest BCUT2D eigenvalue weighted by molar-refractivity contribution is 7.98. The van der Waals surface area contributed by atoms with Crippen LogP contribution in [0.3, 0.4) is 0 Å². The number of carbonyl (C=O) groups excluding carboxylic acids is 1. The molecule has 1 saturated heterocycles. The summed E-state index contributed by atoms with van der Waals surface area (Å²) in [7, 11) is -3.73. The van der Waals surface area contributed by atoms with Crippen LogP contribution in [0.5, 0.6) is 0 Å². The molecule has 8 heteroatoms. The number of hydrogen-bond acceptors (Lipinski definition) is 4. The monoisotopic (exact) mass is 450 g/mol. The van der Waals surface area contributed by atoms with E-state index in [0.29, 0.717) is 25.9 Å². The molecule has 2 aromatic carbocycles. The number of amides is 1. The van der Waals surface area contributed by atoms with Crippen LogP contribution in [0.1, 0.15) is 24.0 Å². The van der Waals surface area contributed by atoms with E-state index in [1.54, 1.807) is 11.8 Å². The lowest BCUT2D eigenvalue weighted by molar-refractivity contribution is -0.125. The number of halogens is 1. The molecular weight excluding hydrogens is 423 g/mol. The maximum atomic E-state index is 13.1. The number of hydrogen-bond donors (Lipinski definition) is 1. The number of sulfonamides is 1. The third kappa shape index (κ3) is 6.06. The van der Waals surface area contributed by atoms with Crippen LogP contribution < -0.4 is 5.32 Å². The molecule has 1 atom stereocenters. The van der Waals surface area contributed by atoms with Gasteiger partial charge in [-0.2, -0.15) is 16.1 Å². The van der Waals surface area contributed by atoms with Crippen LogP contribution in [0, 0.1) is 18.7 Å². The highest BCUT2D eigenvalue weighted by Crippen LogP contribution is 2.24. The molecule has 1 amide bonds. The van der Waals surface area contributed by atoms with Crippen LogP contribution in [0.2, 0.25) is 0 Å². The first kappa shape index (κ1) is 22.8. The van der Waals surface area contributed by atoms with Crippen molar-refractivity contribution in [2.45, 2.75) is 30.4 Å². The van der Waals surface area contributed by atoms with Crippen molar-refractivity contribution >= 4 is 27.7 Å². The number of aryl methyl sites for hydroxylation is 1. The van der Waals surface area contributed by atoms with Gasteiger partial charge in [0.05, 0.1) is 10.8 Å². The zero-order chi connectivity index (χ0) is 21.6. The number of rotatable bonds is 8. The first-order valence-corrected chi connectivity index (χ1v) is 12.6. The van der Waals surface area contributed by atoms with Gasteiger partial charge >= 0.3 is 0 Å². The Labute approximate surface area is 182 Å². The van der Waals surface area contributed by atoms with Gasteiger partial charge in [-0.25, -0.2) is 12.8 Å². The van der Waals surface area contributed by atoms with Crippen LogP contribution in [0.25, 0.3) is 0 Å². The SMILES string of the molecule is Cc1ccc(CSCCNC(=O)C2CCCN(S(=O)(=O)c3ccc(F)cc3)C2)cc1. The minimum Gasteiger partial charge on any atom is -0.355 e. The smallest absolute Gasteiger partial charge is 0.243 e. The van der Waals surface area contributed by atoms with Gasteiger partial charge in [0, 0.05) is 31.1 Å². The largest absolute Gasteiger partial charge is 0.355 e. The van der Waals surface area contributed by atoms with Crippen LogP contribution in [0.15, 0.2) is 53.4 Å². The number of carbonyl (C=O) groups is 1. The van der Waals surface area contributed by atoms with Crippen LogP contribution >= 0.6 is 11.8 Å². The highest BCUT2D eigenvalue weighted by atomic mass is 32.2. The lowest BCUT2D eigenvalue weighted by atomic mass is 9.99. The van der Waals surface area contributed by atoms with Crippen molar-refractivity contribution in [1.29, 1.82) is 0 Å². The fraction of sp³-hybridized carbons (Fsp3) is 0.409. The molecule has 0 bridgehead atoms. The molecule has 1 heterocycles. The maximum absolute atomic E-state index is 13.1. The lowest BCUT2D eigenvalue weighted by Gasteiger charge is -2.31. The predicted molar refractivity (Wildman–Crippen MR) is 118 cm³/mol. The number of piperidine rings is 1. The second-order valence-corrected chi connectivity index (χ2v) is 10.5. The summed E-state index contributed by atoms with van der Waals surface area (Å²) in [6.07, 6.45) is 1.29. The topological polar surface area (TPSA) is 66.5 Å². The van der Waals surface area contributed by atoms with Gasteiger partial charge in [0.1, 0.15) is 5.82 Å². The summed E-state index contributed by atoms with van der Waals surface area (Å²) in [4.78, 5) is 12.6. The van der Waals surface area contributed by atoms with Gasteiger partial charge in [0.15, 0.2) is 0 Å². The van der Waals surface area contributed by atoms with Gasteiger partial charge in [-0.3, -0.25) is 4.79 Å². The lowest BCUT2D eigenvalue weighted by Crippen LogP contribution is -2.45. The average Bonchev–Trinajstić information content (AvgIpc) is 2.75. The van der Waals surface area contributed by atoms with Gasteiger partial charge in [-0.1, -0.05) is 29.8 Å². The maximum Gasteiger partial charge on any atom is 0.243 e. The summed E-state index contributed by atoms with van der Waals surface area (Å²) >= 11 is 1.75. The minimum absolute atomic E-state index is 0.0532. The molecule has 5 nitrogen and oxygen atoms in total. The third-order valence-electron chi connectivity index (χ3n) is 5.14. The van der Waals surface area contributed by atoms with E-state index < -0.39 is 15.8 Å². The van der Waals surface area contributed by atoms with E-state index in [0.717, 1.165) is 23.6 Å². The molecule has 2 aromatic rings. The summed E-state index contributed by atoms with van der Waals surface area (Å²) in [5, 5.41) is 2.94. The Bertz CT molecular complexity index is 947. The standard InChI is InChI=1S/C22H27FN2O3S2/c1-17-4-6-18(7-5-17)16-29-14-12-24-22(26)19-3-2-13-25(15-19)30(27,28)21-10-8-20(23)9-11-21/h4-11,19H,2-3,12-16H2,1H3,(H,24,26). The van der Waals surface area contributed by atoms with Crippen molar-refractivity contribution in [2.75, 3.05) is 25.4 Å². The van der Waals surface area contributed by atoms with Crippen molar-refractivity contribution < 1.29 is 17.6 Å². The number of benzene rings is 2. The van der Waals surface area contributed by atoms with Gasteiger partial charge in [0.25, 0.3) is 0 Å². The predicted octanol–water partition coefficient (Wildman–Crippen LogP) is 3.58. The third-order valence-corrected chi connectivity index (χ3v) is 8.05. The van der Waals surface area contributed by atoms with E-state index in [2.05, 4.69) is 36.5 Å². The Morgan fingerprint density at radius 1 is 1.17 bits per heavy atom. The first-order valence-electron chi connectivity index (χ1n) is 10.0. The summed E-state index contributed by atoms with van der Waals surface area (Å²) in [6, 6.07) is 13.2.